The molecular formula is C20H23N7O7. The lowest BCUT2D eigenvalue weighted by molar-refractivity contribution is -0.323. The van der Waals surface area contributed by atoms with Gasteiger partial charge in [-0.1, -0.05) is 6.07 Å². The third kappa shape index (κ3) is 5.94. The average molecular weight is 473 g/mol. The molecule has 6 N–H and O–H groups in total. The minimum Gasteiger partial charge on any atom is -0.494 e. The SMILES string of the molecule is CCOC(=O)Nc1cc(Nc2cccc(-c3ncn(C)n3)c2OC)c(C(=O)NC(O)(O)O)cn1. The van der Waals surface area contributed by atoms with E-state index in [1.807, 2.05) is 0 Å². The van der Waals surface area contributed by atoms with Crippen molar-refractivity contribution in [3.63, 3.8) is 0 Å². The van der Waals surface area contributed by atoms with E-state index in [0.29, 0.717) is 22.8 Å². The number of hydrogen-bond acceptors (Lipinski definition) is 11. The van der Waals surface area contributed by atoms with Gasteiger partial charge in [0.15, 0.2) is 11.6 Å². The monoisotopic (exact) mass is 473 g/mol. The van der Waals surface area contributed by atoms with Crippen molar-refractivity contribution in [2.75, 3.05) is 24.4 Å². The van der Waals surface area contributed by atoms with Gasteiger partial charge in [-0.15, -0.1) is 0 Å². The van der Waals surface area contributed by atoms with Crippen LogP contribution >= 0.6 is 0 Å². The highest BCUT2D eigenvalue weighted by Gasteiger charge is 2.25. The van der Waals surface area contributed by atoms with Crippen LogP contribution in [0.15, 0.2) is 36.8 Å². The van der Waals surface area contributed by atoms with Crippen molar-refractivity contribution in [3.8, 4) is 17.1 Å². The second-order valence-electron chi connectivity index (χ2n) is 6.80. The third-order valence-electron chi connectivity index (χ3n) is 4.26. The Morgan fingerprint density at radius 2 is 1.94 bits per heavy atom. The quantitative estimate of drug-likeness (QED) is 0.250. The molecule has 0 aliphatic rings. The van der Waals surface area contributed by atoms with Crippen molar-refractivity contribution in [1.82, 2.24) is 25.1 Å². The predicted molar refractivity (Wildman–Crippen MR) is 118 cm³/mol. The largest absolute Gasteiger partial charge is 0.494 e. The summed E-state index contributed by atoms with van der Waals surface area (Å²) in [6.07, 6.45) is -1.64. The number of nitrogens with one attached hydrogen (secondary N) is 3. The van der Waals surface area contributed by atoms with Crippen LogP contribution < -0.4 is 20.7 Å². The van der Waals surface area contributed by atoms with Gasteiger partial charge in [0, 0.05) is 19.3 Å². The molecule has 14 heteroatoms. The molecule has 0 saturated carbocycles. The highest BCUT2D eigenvalue weighted by atomic mass is 16.7. The molecule has 0 atom stereocenters. The number of methoxy groups -OCH3 is 1. The summed E-state index contributed by atoms with van der Waals surface area (Å²) in [6, 6.07) is 6.41. The summed E-state index contributed by atoms with van der Waals surface area (Å²) in [7, 11) is 3.16. The first-order valence-corrected chi connectivity index (χ1v) is 9.84. The number of aryl methyl sites for hydroxylation is 1. The Labute approximate surface area is 193 Å². The molecule has 3 aromatic rings. The number of anilines is 3. The normalized spacial score (nSPS) is 11.0. The molecule has 0 aliphatic heterocycles. The Hall–Kier alpha value is -4.27. The highest BCUT2D eigenvalue weighted by Crippen LogP contribution is 2.37. The summed E-state index contributed by atoms with van der Waals surface area (Å²) >= 11 is 0. The number of benzene rings is 1. The van der Waals surface area contributed by atoms with E-state index in [4.69, 9.17) is 24.8 Å². The van der Waals surface area contributed by atoms with Crippen molar-refractivity contribution >= 4 is 29.2 Å². The Bertz CT molecular complexity index is 1190. The molecule has 2 aromatic heterocycles. The smallest absolute Gasteiger partial charge is 0.412 e. The molecule has 0 bridgehead atoms. The fourth-order valence-corrected chi connectivity index (χ4v) is 2.94. The maximum Gasteiger partial charge on any atom is 0.412 e. The van der Waals surface area contributed by atoms with E-state index < -0.39 is 18.1 Å². The molecule has 0 spiro atoms. The van der Waals surface area contributed by atoms with Crippen molar-refractivity contribution < 1.29 is 34.4 Å². The number of carbonyl (C=O) groups is 2. The maximum absolute atomic E-state index is 12.5. The van der Waals surface area contributed by atoms with Crippen LogP contribution in [0.1, 0.15) is 17.3 Å². The van der Waals surface area contributed by atoms with Crippen LogP contribution in [-0.4, -0.2) is 66.9 Å². The van der Waals surface area contributed by atoms with E-state index in [2.05, 4.69) is 25.7 Å². The van der Waals surface area contributed by atoms with Gasteiger partial charge in [-0.05, 0) is 19.1 Å². The standard InChI is InChI=1S/C20H23N7O7/c1-4-34-19(29)24-15-8-14(12(9-21-15)18(28)25-20(30,31)32)23-13-7-5-6-11(16(13)33-3)17-22-10-27(2)26-17/h5-10,30-32H,4H2,1-3H3,(H,25,28)(H2,21,23,24,29). The van der Waals surface area contributed by atoms with Crippen LogP contribution in [0.2, 0.25) is 0 Å². The Kier molecular flexibility index (Phi) is 7.25. The van der Waals surface area contributed by atoms with E-state index in [0.717, 1.165) is 6.20 Å². The molecular weight excluding hydrogens is 450 g/mol. The number of para-hydroxylation sites is 1. The number of ether oxygens (including phenoxy) is 2. The van der Waals surface area contributed by atoms with Crippen LogP contribution in [0.5, 0.6) is 5.75 Å². The van der Waals surface area contributed by atoms with E-state index in [1.54, 1.807) is 37.5 Å². The van der Waals surface area contributed by atoms with Crippen LogP contribution in [0.4, 0.5) is 22.0 Å². The first-order valence-electron chi connectivity index (χ1n) is 9.84. The number of hydrogen-bond donors (Lipinski definition) is 6. The number of amides is 2. The molecule has 0 radical (unpaired) electrons. The van der Waals surface area contributed by atoms with Crippen molar-refractivity contribution in [2.45, 2.75) is 13.0 Å². The lowest BCUT2D eigenvalue weighted by Gasteiger charge is -2.19. The summed E-state index contributed by atoms with van der Waals surface area (Å²) in [6.45, 7) is 1.77. The van der Waals surface area contributed by atoms with Crippen LogP contribution in [0, 0.1) is 0 Å². The molecule has 34 heavy (non-hydrogen) atoms. The number of rotatable bonds is 8. The lowest BCUT2D eigenvalue weighted by Crippen LogP contribution is -2.48. The van der Waals surface area contributed by atoms with E-state index in [-0.39, 0.29) is 23.7 Å². The summed E-state index contributed by atoms with van der Waals surface area (Å²) < 4.78 is 11.9. The van der Waals surface area contributed by atoms with Gasteiger partial charge in [-0.2, -0.15) is 5.10 Å². The fourth-order valence-electron chi connectivity index (χ4n) is 2.94. The molecule has 2 amide bonds. The Morgan fingerprint density at radius 3 is 2.56 bits per heavy atom. The van der Waals surface area contributed by atoms with E-state index in [1.165, 1.54) is 24.2 Å². The zero-order valence-electron chi connectivity index (χ0n) is 18.4. The van der Waals surface area contributed by atoms with Gasteiger partial charge < -0.3 is 30.1 Å². The molecule has 0 fully saturated rings. The number of aromatic nitrogens is 4. The van der Waals surface area contributed by atoms with Gasteiger partial charge >= 0.3 is 12.2 Å². The van der Waals surface area contributed by atoms with Gasteiger partial charge in [-0.3, -0.25) is 20.1 Å². The fraction of sp³-hybridized carbons (Fsp3) is 0.250. The Morgan fingerprint density at radius 1 is 1.18 bits per heavy atom. The number of nitrogens with zero attached hydrogens (tertiary/aromatic N) is 4. The number of aliphatic hydroxyl groups is 3. The second kappa shape index (κ2) is 10.1. The van der Waals surface area contributed by atoms with Gasteiger partial charge in [0.05, 0.1) is 36.2 Å². The number of pyridine rings is 1. The molecule has 1 aromatic carbocycles. The lowest BCUT2D eigenvalue weighted by atomic mass is 10.1. The third-order valence-corrected chi connectivity index (χ3v) is 4.26. The molecule has 0 unspecified atom stereocenters. The van der Waals surface area contributed by atoms with Crippen molar-refractivity contribution in [2.24, 2.45) is 7.05 Å². The molecule has 2 heterocycles. The minimum absolute atomic E-state index is 0.0299. The van der Waals surface area contributed by atoms with Crippen molar-refractivity contribution in [1.29, 1.82) is 0 Å². The predicted octanol–water partition coefficient (Wildman–Crippen LogP) is 0.516. The maximum atomic E-state index is 12.5. The van der Waals surface area contributed by atoms with Gasteiger partial charge in [-0.25, -0.2) is 14.8 Å². The van der Waals surface area contributed by atoms with Crippen LogP contribution in [-0.2, 0) is 11.8 Å². The van der Waals surface area contributed by atoms with Crippen molar-refractivity contribution in [3.05, 3.63) is 42.4 Å². The van der Waals surface area contributed by atoms with E-state index >= 15 is 0 Å². The summed E-state index contributed by atoms with van der Waals surface area (Å²) in [5, 5.41) is 38.7. The zero-order valence-corrected chi connectivity index (χ0v) is 18.4. The zero-order chi connectivity index (χ0) is 24.9. The second-order valence-corrected chi connectivity index (χ2v) is 6.80. The molecule has 14 nitrogen and oxygen atoms in total. The van der Waals surface area contributed by atoms with Gasteiger partial charge in [0.2, 0.25) is 0 Å². The van der Waals surface area contributed by atoms with Crippen LogP contribution in [0.25, 0.3) is 11.4 Å². The topological polar surface area (TPSA) is 193 Å². The molecule has 3 rings (SSSR count). The first kappa shape index (κ1) is 24.4. The first-order chi connectivity index (χ1) is 16.1. The average Bonchev–Trinajstić information content (AvgIpc) is 3.18. The Balaban J connectivity index is 2.04. The summed E-state index contributed by atoms with van der Waals surface area (Å²) in [5.74, 6) is -0.308. The number of carbonyl (C=O) groups excluding carboxylic acids is 2. The van der Waals surface area contributed by atoms with Crippen LogP contribution in [0.3, 0.4) is 0 Å². The summed E-state index contributed by atoms with van der Waals surface area (Å²) in [5.41, 5.74) is 0.823. The molecule has 0 saturated heterocycles. The molecule has 0 aliphatic carbocycles. The highest BCUT2D eigenvalue weighted by molar-refractivity contribution is 6.01. The van der Waals surface area contributed by atoms with Gasteiger partial charge in [0.1, 0.15) is 12.1 Å². The van der Waals surface area contributed by atoms with Gasteiger partial charge in [0.25, 0.3) is 5.91 Å². The van der Waals surface area contributed by atoms with E-state index in [9.17, 15) is 9.59 Å². The summed E-state index contributed by atoms with van der Waals surface area (Å²) in [4.78, 5) is 32.5. The molecule has 180 valence electrons. The minimum atomic E-state index is -3.46.